The number of hydrogen-bond donors (Lipinski definition) is 1. The molecule has 1 atom stereocenters. The van der Waals surface area contributed by atoms with Crippen LogP contribution in [0.5, 0.6) is 0 Å². The van der Waals surface area contributed by atoms with E-state index in [4.69, 9.17) is 0 Å². The molecule has 0 spiro atoms. The molecule has 0 saturated carbocycles. The minimum absolute atomic E-state index is 0.00540. The fourth-order valence-electron chi connectivity index (χ4n) is 3.63. The first-order valence-electron chi connectivity index (χ1n) is 9.34. The van der Waals surface area contributed by atoms with Crippen LogP contribution < -0.4 is 5.32 Å². The molecule has 1 fully saturated rings. The van der Waals surface area contributed by atoms with Crippen LogP contribution in [0.25, 0.3) is 0 Å². The smallest absolute Gasteiger partial charge is 0.225 e. The Labute approximate surface area is 155 Å². The summed E-state index contributed by atoms with van der Waals surface area (Å²) in [5.41, 5.74) is 2.50. The number of carbonyl (C=O) groups excluding carboxylic acids is 2. The zero-order valence-electron chi connectivity index (χ0n) is 15.2. The standard InChI is InChI=1S/C22H26N2O2/c1-2-24-16-19(15-21(24)25)22(26)23-14-13-20(17-9-5-3-6-10-17)18-11-7-4-8-12-18/h3-12,19-20H,2,13-16H2,1H3,(H,23,26). The highest BCUT2D eigenvalue weighted by Gasteiger charge is 2.33. The van der Waals surface area contributed by atoms with Gasteiger partial charge in [-0.25, -0.2) is 0 Å². The molecule has 2 aromatic rings. The molecule has 136 valence electrons. The van der Waals surface area contributed by atoms with E-state index in [0.717, 1.165) is 6.42 Å². The Kier molecular flexibility index (Phi) is 6.05. The summed E-state index contributed by atoms with van der Waals surface area (Å²) < 4.78 is 0. The molecule has 0 aromatic heterocycles. The number of rotatable bonds is 7. The molecule has 26 heavy (non-hydrogen) atoms. The highest BCUT2D eigenvalue weighted by molar-refractivity contribution is 5.89. The highest BCUT2D eigenvalue weighted by atomic mass is 16.2. The van der Waals surface area contributed by atoms with Crippen molar-refractivity contribution in [2.75, 3.05) is 19.6 Å². The average molecular weight is 350 g/mol. The molecule has 3 rings (SSSR count). The van der Waals surface area contributed by atoms with Crippen LogP contribution in [0.2, 0.25) is 0 Å². The summed E-state index contributed by atoms with van der Waals surface area (Å²) in [5, 5.41) is 3.04. The third-order valence-corrected chi connectivity index (χ3v) is 5.10. The monoisotopic (exact) mass is 350 g/mol. The van der Waals surface area contributed by atoms with Crippen LogP contribution in [0.3, 0.4) is 0 Å². The molecule has 1 heterocycles. The maximum atomic E-state index is 12.4. The van der Waals surface area contributed by atoms with E-state index in [1.165, 1.54) is 11.1 Å². The lowest BCUT2D eigenvalue weighted by molar-refractivity contribution is -0.128. The van der Waals surface area contributed by atoms with E-state index in [1.54, 1.807) is 4.90 Å². The first-order valence-corrected chi connectivity index (χ1v) is 9.34. The summed E-state index contributed by atoms with van der Waals surface area (Å²) in [6, 6.07) is 20.8. The summed E-state index contributed by atoms with van der Waals surface area (Å²) in [6.07, 6.45) is 1.17. The van der Waals surface area contributed by atoms with Gasteiger partial charge >= 0.3 is 0 Å². The van der Waals surface area contributed by atoms with Gasteiger partial charge in [-0.1, -0.05) is 60.7 Å². The molecule has 1 aliphatic rings. The zero-order valence-corrected chi connectivity index (χ0v) is 15.2. The molecule has 2 aromatic carbocycles. The second-order valence-corrected chi connectivity index (χ2v) is 6.79. The van der Waals surface area contributed by atoms with E-state index in [2.05, 4.69) is 29.6 Å². The van der Waals surface area contributed by atoms with Gasteiger partial charge in [0.05, 0.1) is 5.92 Å². The lowest BCUT2D eigenvalue weighted by Crippen LogP contribution is -2.34. The van der Waals surface area contributed by atoms with Crippen LogP contribution >= 0.6 is 0 Å². The lowest BCUT2D eigenvalue weighted by Gasteiger charge is -2.19. The Morgan fingerprint density at radius 2 is 1.65 bits per heavy atom. The number of benzene rings is 2. The van der Waals surface area contributed by atoms with Gasteiger partial charge in [0.15, 0.2) is 0 Å². The predicted molar refractivity (Wildman–Crippen MR) is 103 cm³/mol. The van der Waals surface area contributed by atoms with Crippen LogP contribution in [0.15, 0.2) is 60.7 Å². The summed E-state index contributed by atoms with van der Waals surface area (Å²) >= 11 is 0. The van der Waals surface area contributed by atoms with E-state index in [1.807, 2.05) is 43.3 Å². The van der Waals surface area contributed by atoms with Gasteiger partial charge in [-0.05, 0) is 24.5 Å². The predicted octanol–water partition coefficient (Wildman–Crippen LogP) is 3.19. The zero-order chi connectivity index (χ0) is 18.4. The van der Waals surface area contributed by atoms with Crippen LogP contribution in [0, 0.1) is 5.92 Å². The van der Waals surface area contributed by atoms with Crippen LogP contribution in [0.4, 0.5) is 0 Å². The third-order valence-electron chi connectivity index (χ3n) is 5.10. The van der Waals surface area contributed by atoms with Crippen molar-refractivity contribution in [3.05, 3.63) is 71.8 Å². The Hall–Kier alpha value is -2.62. The Balaban J connectivity index is 1.60. The van der Waals surface area contributed by atoms with E-state index in [-0.39, 0.29) is 23.7 Å². The fourth-order valence-corrected chi connectivity index (χ4v) is 3.63. The quantitative estimate of drug-likeness (QED) is 0.834. The van der Waals surface area contributed by atoms with Crippen molar-refractivity contribution >= 4 is 11.8 Å². The molecule has 4 heteroatoms. The van der Waals surface area contributed by atoms with Crippen LogP contribution in [-0.4, -0.2) is 36.3 Å². The number of carbonyl (C=O) groups is 2. The lowest BCUT2D eigenvalue weighted by atomic mass is 9.88. The van der Waals surface area contributed by atoms with Gasteiger partial charge in [-0.15, -0.1) is 0 Å². The molecule has 0 bridgehead atoms. The number of amides is 2. The van der Waals surface area contributed by atoms with Crippen LogP contribution in [0.1, 0.15) is 36.8 Å². The Bertz CT molecular complexity index is 691. The van der Waals surface area contributed by atoms with E-state index < -0.39 is 0 Å². The minimum Gasteiger partial charge on any atom is -0.356 e. The van der Waals surface area contributed by atoms with E-state index in [9.17, 15) is 9.59 Å². The van der Waals surface area contributed by atoms with Crippen LogP contribution in [-0.2, 0) is 9.59 Å². The van der Waals surface area contributed by atoms with Crippen molar-refractivity contribution in [1.82, 2.24) is 10.2 Å². The second-order valence-electron chi connectivity index (χ2n) is 6.79. The number of hydrogen-bond acceptors (Lipinski definition) is 2. The van der Waals surface area contributed by atoms with Crippen molar-refractivity contribution < 1.29 is 9.59 Å². The molecule has 1 N–H and O–H groups in total. The van der Waals surface area contributed by atoms with Crippen molar-refractivity contribution in [3.8, 4) is 0 Å². The van der Waals surface area contributed by atoms with Gasteiger partial charge in [0.25, 0.3) is 0 Å². The van der Waals surface area contributed by atoms with Gasteiger partial charge in [-0.2, -0.15) is 0 Å². The fraction of sp³-hybridized carbons (Fsp3) is 0.364. The van der Waals surface area contributed by atoms with Crippen molar-refractivity contribution in [2.45, 2.75) is 25.7 Å². The highest BCUT2D eigenvalue weighted by Crippen LogP contribution is 2.27. The first kappa shape index (κ1) is 18.2. The Morgan fingerprint density at radius 3 is 2.15 bits per heavy atom. The molecule has 1 saturated heterocycles. The van der Waals surface area contributed by atoms with Gasteiger partial charge in [0, 0.05) is 32.0 Å². The van der Waals surface area contributed by atoms with Gasteiger partial charge in [0.1, 0.15) is 0 Å². The minimum atomic E-state index is -0.214. The maximum absolute atomic E-state index is 12.4. The summed E-state index contributed by atoms with van der Waals surface area (Å²) in [5.74, 6) is 0.109. The second kappa shape index (κ2) is 8.65. The number of nitrogens with zero attached hydrogens (tertiary/aromatic N) is 1. The molecular weight excluding hydrogens is 324 g/mol. The summed E-state index contributed by atoms with van der Waals surface area (Å²) in [4.78, 5) is 26.0. The van der Waals surface area contributed by atoms with Crippen molar-refractivity contribution in [2.24, 2.45) is 5.92 Å². The van der Waals surface area contributed by atoms with E-state index >= 15 is 0 Å². The van der Waals surface area contributed by atoms with E-state index in [0.29, 0.717) is 26.1 Å². The van der Waals surface area contributed by atoms with Gasteiger partial charge in [-0.3, -0.25) is 9.59 Å². The van der Waals surface area contributed by atoms with Gasteiger partial charge in [0.2, 0.25) is 11.8 Å². The molecule has 2 amide bonds. The number of likely N-dealkylation sites (tertiary alicyclic amines) is 1. The SMILES string of the molecule is CCN1CC(C(=O)NCCC(c2ccccc2)c2ccccc2)CC1=O. The normalized spacial score (nSPS) is 16.9. The average Bonchev–Trinajstić information content (AvgIpc) is 3.07. The molecule has 4 nitrogen and oxygen atoms in total. The largest absolute Gasteiger partial charge is 0.356 e. The number of nitrogens with one attached hydrogen (secondary N) is 1. The molecule has 1 aliphatic heterocycles. The molecule has 1 unspecified atom stereocenters. The maximum Gasteiger partial charge on any atom is 0.225 e. The Morgan fingerprint density at radius 1 is 1.08 bits per heavy atom. The molecule has 0 radical (unpaired) electrons. The van der Waals surface area contributed by atoms with Gasteiger partial charge < -0.3 is 10.2 Å². The first-order chi connectivity index (χ1) is 12.7. The summed E-state index contributed by atoms with van der Waals surface area (Å²) in [7, 11) is 0. The summed E-state index contributed by atoms with van der Waals surface area (Å²) in [6.45, 7) is 3.77. The van der Waals surface area contributed by atoms with Crippen molar-refractivity contribution in [3.63, 3.8) is 0 Å². The topological polar surface area (TPSA) is 49.4 Å². The molecule has 0 aliphatic carbocycles. The third kappa shape index (κ3) is 4.31. The van der Waals surface area contributed by atoms with Crippen molar-refractivity contribution in [1.29, 1.82) is 0 Å². The molecular formula is C22H26N2O2.